The molecule has 1 N–H and O–H groups in total. The summed E-state index contributed by atoms with van der Waals surface area (Å²) in [6.07, 6.45) is 4.86. The van der Waals surface area contributed by atoms with Gasteiger partial charge in [0.15, 0.2) is 11.4 Å². The maximum Gasteiger partial charge on any atom is 0.417 e. The van der Waals surface area contributed by atoms with Crippen molar-refractivity contribution in [1.29, 1.82) is 0 Å². The van der Waals surface area contributed by atoms with E-state index in [2.05, 4.69) is 12.0 Å². The molecule has 0 aliphatic heterocycles. The van der Waals surface area contributed by atoms with Gasteiger partial charge in [-0.1, -0.05) is 6.92 Å². The lowest BCUT2D eigenvalue weighted by atomic mass is 9.48. The summed E-state index contributed by atoms with van der Waals surface area (Å²) >= 11 is 0. The molecule has 1 aromatic heterocycles. The van der Waals surface area contributed by atoms with Gasteiger partial charge in [-0.3, -0.25) is 9.48 Å². The van der Waals surface area contributed by atoms with Gasteiger partial charge in [-0.15, -0.1) is 0 Å². The minimum absolute atomic E-state index is 0.0200. The van der Waals surface area contributed by atoms with Crippen molar-refractivity contribution in [3.63, 3.8) is 0 Å². The zero-order valence-electron chi connectivity index (χ0n) is 19.0. The van der Waals surface area contributed by atoms with Crippen LogP contribution in [0.4, 0.5) is 13.2 Å². The Balaban J connectivity index is 1.32. The van der Waals surface area contributed by atoms with Crippen LogP contribution in [0, 0.1) is 40.9 Å². The Bertz CT molecular complexity index is 856. The minimum Gasteiger partial charge on any atom is -0.380 e. The van der Waals surface area contributed by atoms with Gasteiger partial charge in [0.1, 0.15) is 6.04 Å². The van der Waals surface area contributed by atoms with Gasteiger partial charge in [0, 0.05) is 18.3 Å². The average Bonchev–Trinajstić information content (AvgIpc) is 3.39. The van der Waals surface area contributed by atoms with E-state index in [0.717, 1.165) is 38.5 Å². The predicted molar refractivity (Wildman–Crippen MR) is 114 cm³/mol. The van der Waals surface area contributed by atoms with Gasteiger partial charge in [0.05, 0.1) is 0 Å². The highest BCUT2D eigenvalue weighted by molar-refractivity contribution is 5.85. The maximum absolute atomic E-state index is 13.5. The van der Waals surface area contributed by atoms with Gasteiger partial charge in [-0.25, -0.2) is 0 Å². The fourth-order valence-electron chi connectivity index (χ4n) is 8.53. The van der Waals surface area contributed by atoms with E-state index < -0.39 is 11.8 Å². The molecule has 9 atom stereocenters. The van der Waals surface area contributed by atoms with Crippen molar-refractivity contribution >= 4 is 5.78 Å². The maximum atomic E-state index is 13.5. The van der Waals surface area contributed by atoms with Crippen LogP contribution in [0.3, 0.4) is 0 Å². The Morgan fingerprint density at radius 3 is 2.53 bits per heavy atom. The van der Waals surface area contributed by atoms with Crippen molar-refractivity contribution in [2.24, 2.45) is 40.9 Å². The van der Waals surface area contributed by atoms with Crippen molar-refractivity contribution in [3.05, 3.63) is 18.5 Å². The Labute approximate surface area is 187 Å². The second kappa shape index (κ2) is 7.57. The first-order valence-corrected chi connectivity index (χ1v) is 12.4. The summed E-state index contributed by atoms with van der Waals surface area (Å²) in [6.45, 7) is 4.24. The molecule has 0 amide bonds. The molecule has 0 saturated heterocycles. The van der Waals surface area contributed by atoms with Crippen LogP contribution in [-0.2, 0) is 4.79 Å². The zero-order valence-corrected chi connectivity index (χ0v) is 19.0. The molecule has 1 aromatic rings. The molecular formula is C25H35F3N2O2. The SMILES string of the molecule is CC(C(=O)[C@H]1CC[C@H]2[C@@H]3CC[C@@H]4C[C@@](O)(C(F)(F)F)CCC4[C@H]3CC[C@]12C)n1cccn1. The summed E-state index contributed by atoms with van der Waals surface area (Å²) in [5.74, 6) is 2.00. The largest absolute Gasteiger partial charge is 0.417 e. The first-order chi connectivity index (χ1) is 15.1. The minimum atomic E-state index is -4.54. The molecule has 1 heterocycles. The van der Waals surface area contributed by atoms with E-state index >= 15 is 0 Å². The van der Waals surface area contributed by atoms with E-state index in [0.29, 0.717) is 30.1 Å². The van der Waals surface area contributed by atoms with Gasteiger partial charge < -0.3 is 5.11 Å². The van der Waals surface area contributed by atoms with Crippen LogP contribution in [-0.4, -0.2) is 32.4 Å². The van der Waals surface area contributed by atoms with Gasteiger partial charge in [0.2, 0.25) is 0 Å². The van der Waals surface area contributed by atoms with Crippen LogP contribution in [0.5, 0.6) is 0 Å². The molecule has 178 valence electrons. The standard InChI is InChI=1S/C25H35F3N2O2/c1-15(30-13-3-12-29-30)22(31)21-7-6-20-19-5-4-16-14-24(32,25(26,27)28)11-9-17(16)18(19)8-10-23(20,21)2/h3,12-13,15-21,32H,4-11,14H2,1-2H3/t15?,16-,17?,18-,19-,20+,21-,23+,24-/m1/s1. The van der Waals surface area contributed by atoms with Gasteiger partial charge >= 0.3 is 6.18 Å². The first-order valence-electron chi connectivity index (χ1n) is 12.4. The normalized spacial score (nSPS) is 44.9. The average molecular weight is 453 g/mol. The van der Waals surface area contributed by atoms with Gasteiger partial charge in [-0.2, -0.15) is 18.3 Å². The van der Waals surface area contributed by atoms with Crippen LogP contribution in [0.2, 0.25) is 0 Å². The third-order valence-electron chi connectivity index (χ3n) is 10.2. The third-order valence-corrected chi connectivity index (χ3v) is 10.2. The lowest BCUT2D eigenvalue weighted by Gasteiger charge is -2.57. The number of fused-ring (bicyclic) bond motifs is 5. The number of carbonyl (C=O) groups excluding carboxylic acids is 1. The number of carbonyl (C=O) groups is 1. The molecule has 0 radical (unpaired) electrons. The summed E-state index contributed by atoms with van der Waals surface area (Å²) in [6, 6.07) is 1.58. The van der Waals surface area contributed by atoms with Crippen LogP contribution in [0.15, 0.2) is 18.5 Å². The molecule has 2 unspecified atom stereocenters. The van der Waals surface area contributed by atoms with Crippen molar-refractivity contribution in [2.75, 3.05) is 0 Å². The Kier molecular flexibility index (Phi) is 5.31. The van der Waals surface area contributed by atoms with Crippen molar-refractivity contribution in [2.45, 2.75) is 89.5 Å². The third kappa shape index (κ3) is 3.28. The second-order valence-corrected chi connectivity index (χ2v) is 11.4. The first kappa shape index (κ1) is 22.4. The number of hydrogen-bond donors (Lipinski definition) is 1. The monoisotopic (exact) mass is 452 g/mol. The highest BCUT2D eigenvalue weighted by Crippen LogP contribution is 2.65. The highest BCUT2D eigenvalue weighted by Gasteiger charge is 2.62. The topological polar surface area (TPSA) is 55.1 Å². The van der Waals surface area contributed by atoms with Crippen LogP contribution < -0.4 is 0 Å². The zero-order chi connectivity index (χ0) is 22.9. The fraction of sp³-hybridized carbons (Fsp3) is 0.840. The smallest absolute Gasteiger partial charge is 0.380 e. The summed E-state index contributed by atoms with van der Waals surface area (Å²) < 4.78 is 42.1. The van der Waals surface area contributed by atoms with Crippen molar-refractivity contribution in [1.82, 2.24) is 9.78 Å². The molecule has 4 fully saturated rings. The number of rotatable bonds is 3. The summed E-state index contributed by atoms with van der Waals surface area (Å²) in [5.41, 5.74) is -2.52. The molecular weight excluding hydrogens is 417 g/mol. The fourth-order valence-corrected chi connectivity index (χ4v) is 8.53. The molecule has 5 rings (SSSR count). The van der Waals surface area contributed by atoms with E-state index in [4.69, 9.17) is 0 Å². The number of aliphatic hydroxyl groups is 1. The molecule has 0 aromatic carbocycles. The summed E-state index contributed by atoms with van der Waals surface area (Å²) in [4.78, 5) is 13.5. The number of halogens is 3. The summed E-state index contributed by atoms with van der Waals surface area (Å²) in [7, 11) is 0. The molecule has 4 aliphatic rings. The molecule has 0 bridgehead atoms. The van der Waals surface area contributed by atoms with E-state index in [1.54, 1.807) is 10.9 Å². The van der Waals surface area contributed by atoms with E-state index in [1.807, 2.05) is 19.2 Å². The Hall–Kier alpha value is -1.37. The Morgan fingerprint density at radius 1 is 1.09 bits per heavy atom. The second-order valence-electron chi connectivity index (χ2n) is 11.4. The lowest BCUT2D eigenvalue weighted by Crippen LogP contribution is -2.55. The number of aromatic nitrogens is 2. The van der Waals surface area contributed by atoms with E-state index in [9.17, 15) is 23.1 Å². The van der Waals surface area contributed by atoms with Gasteiger partial charge in [0.25, 0.3) is 0 Å². The van der Waals surface area contributed by atoms with Crippen LogP contribution >= 0.6 is 0 Å². The van der Waals surface area contributed by atoms with Crippen LogP contribution in [0.1, 0.15) is 77.7 Å². The highest BCUT2D eigenvalue weighted by atomic mass is 19.4. The van der Waals surface area contributed by atoms with E-state index in [1.165, 1.54) is 0 Å². The van der Waals surface area contributed by atoms with Gasteiger partial charge in [-0.05, 0) is 106 Å². The quantitative estimate of drug-likeness (QED) is 0.652. The molecule has 0 spiro atoms. The molecule has 4 saturated carbocycles. The Morgan fingerprint density at radius 2 is 1.84 bits per heavy atom. The number of hydrogen-bond acceptors (Lipinski definition) is 3. The van der Waals surface area contributed by atoms with Crippen molar-refractivity contribution < 1.29 is 23.1 Å². The molecule has 7 heteroatoms. The lowest BCUT2D eigenvalue weighted by molar-refractivity contribution is -0.282. The molecule has 4 nitrogen and oxygen atoms in total. The number of Topliss-reactive ketones (excluding diaryl/α,β-unsaturated/α-hetero) is 1. The molecule has 32 heavy (non-hydrogen) atoms. The molecule has 4 aliphatic carbocycles. The number of nitrogens with zero attached hydrogens (tertiary/aromatic N) is 2. The van der Waals surface area contributed by atoms with E-state index in [-0.39, 0.29) is 41.9 Å². The van der Waals surface area contributed by atoms with Crippen molar-refractivity contribution in [3.8, 4) is 0 Å². The number of ketones is 1. The number of alkyl halides is 3. The van der Waals surface area contributed by atoms with Crippen LogP contribution in [0.25, 0.3) is 0 Å². The predicted octanol–water partition coefficient (Wildman–Crippen LogP) is 5.58. The summed E-state index contributed by atoms with van der Waals surface area (Å²) in [5, 5.41) is 14.6.